The summed E-state index contributed by atoms with van der Waals surface area (Å²) in [5.74, 6) is -0.186. The van der Waals surface area contributed by atoms with Crippen molar-refractivity contribution in [1.82, 2.24) is 10.3 Å². The summed E-state index contributed by atoms with van der Waals surface area (Å²) in [6, 6.07) is 20.5. The highest BCUT2D eigenvalue weighted by atomic mass is 16.5. The molecule has 0 spiro atoms. The van der Waals surface area contributed by atoms with E-state index < -0.39 is 0 Å². The minimum atomic E-state index is -0.337. The van der Waals surface area contributed by atoms with Crippen molar-refractivity contribution in [2.75, 3.05) is 19.0 Å². The Kier molecular flexibility index (Phi) is 5.79. The number of hydrogen-bond donors (Lipinski definition) is 2. The maximum atomic E-state index is 12.2. The molecule has 6 nitrogen and oxygen atoms in total. The van der Waals surface area contributed by atoms with Crippen molar-refractivity contribution in [2.24, 2.45) is 0 Å². The number of benzene rings is 2. The van der Waals surface area contributed by atoms with E-state index >= 15 is 0 Å². The Labute approximate surface area is 157 Å². The van der Waals surface area contributed by atoms with E-state index in [0.29, 0.717) is 17.1 Å². The first-order chi connectivity index (χ1) is 13.2. The van der Waals surface area contributed by atoms with Gasteiger partial charge in [0.1, 0.15) is 0 Å². The fraction of sp³-hybridized carbons (Fsp3) is 0.0952. The highest BCUT2D eigenvalue weighted by Crippen LogP contribution is 2.19. The zero-order valence-electron chi connectivity index (χ0n) is 14.8. The number of amides is 2. The minimum Gasteiger partial charge on any atom is -0.481 e. The summed E-state index contributed by atoms with van der Waals surface area (Å²) in [5.41, 5.74) is 3.13. The quantitative estimate of drug-likeness (QED) is 0.707. The van der Waals surface area contributed by atoms with Crippen molar-refractivity contribution in [3.63, 3.8) is 0 Å². The predicted octanol–water partition coefficient (Wildman–Crippen LogP) is 3.13. The summed E-state index contributed by atoms with van der Waals surface area (Å²) < 4.78 is 4.96. The summed E-state index contributed by atoms with van der Waals surface area (Å²) in [6.07, 6.45) is 1.49. The Bertz CT molecular complexity index is 908. The van der Waals surface area contributed by atoms with Gasteiger partial charge in [0.25, 0.3) is 5.91 Å². The first kappa shape index (κ1) is 18.1. The smallest absolute Gasteiger partial charge is 0.251 e. The molecule has 0 fully saturated rings. The van der Waals surface area contributed by atoms with Crippen LogP contribution in [0.25, 0.3) is 11.1 Å². The molecular weight excluding hydrogens is 342 g/mol. The van der Waals surface area contributed by atoms with Crippen molar-refractivity contribution in [2.45, 2.75) is 0 Å². The molecule has 0 saturated carbocycles. The van der Waals surface area contributed by atoms with Crippen LogP contribution < -0.4 is 15.4 Å². The molecule has 1 heterocycles. The molecule has 0 aliphatic heterocycles. The standard InChI is InChI=1S/C21H19N3O3/c1-27-20-12-11-18(13-22-20)24-19(25)14-23-21(26)17-9-7-16(8-10-17)15-5-3-2-4-6-15/h2-13H,14H2,1H3,(H,23,26)(H,24,25). The van der Waals surface area contributed by atoms with Crippen molar-refractivity contribution in [3.05, 3.63) is 78.5 Å². The molecule has 27 heavy (non-hydrogen) atoms. The fourth-order valence-electron chi connectivity index (χ4n) is 2.49. The lowest BCUT2D eigenvalue weighted by Crippen LogP contribution is -2.32. The lowest BCUT2D eigenvalue weighted by Gasteiger charge is -2.08. The number of pyridine rings is 1. The minimum absolute atomic E-state index is 0.134. The lowest BCUT2D eigenvalue weighted by atomic mass is 10.0. The summed E-state index contributed by atoms with van der Waals surface area (Å²) in [7, 11) is 1.52. The van der Waals surface area contributed by atoms with Gasteiger partial charge in [-0.1, -0.05) is 42.5 Å². The van der Waals surface area contributed by atoms with Gasteiger partial charge >= 0.3 is 0 Å². The van der Waals surface area contributed by atoms with E-state index in [2.05, 4.69) is 15.6 Å². The molecule has 3 aromatic rings. The third-order valence-electron chi connectivity index (χ3n) is 3.89. The van der Waals surface area contributed by atoms with E-state index in [1.54, 1.807) is 24.3 Å². The van der Waals surface area contributed by atoms with Gasteiger partial charge in [0, 0.05) is 11.6 Å². The van der Waals surface area contributed by atoms with E-state index in [9.17, 15) is 9.59 Å². The Hall–Kier alpha value is -3.67. The maximum absolute atomic E-state index is 12.2. The van der Waals surface area contributed by atoms with Crippen LogP contribution in [0.1, 0.15) is 10.4 Å². The highest BCUT2D eigenvalue weighted by molar-refractivity contribution is 5.99. The molecule has 0 radical (unpaired) electrons. The van der Waals surface area contributed by atoms with Crippen LogP contribution in [0.3, 0.4) is 0 Å². The van der Waals surface area contributed by atoms with Crippen LogP contribution in [-0.2, 0) is 4.79 Å². The molecule has 3 rings (SSSR count). The summed E-state index contributed by atoms with van der Waals surface area (Å²) in [5, 5.41) is 5.26. The molecule has 2 amide bonds. The van der Waals surface area contributed by atoms with E-state index in [0.717, 1.165) is 11.1 Å². The van der Waals surface area contributed by atoms with Crippen molar-refractivity contribution >= 4 is 17.5 Å². The molecule has 0 atom stereocenters. The van der Waals surface area contributed by atoms with Crippen LogP contribution in [0.4, 0.5) is 5.69 Å². The second kappa shape index (κ2) is 8.62. The number of carbonyl (C=O) groups is 2. The first-order valence-corrected chi connectivity index (χ1v) is 8.39. The normalized spacial score (nSPS) is 10.1. The molecule has 0 unspecified atom stereocenters. The number of anilines is 1. The number of nitrogens with zero attached hydrogens (tertiary/aromatic N) is 1. The topological polar surface area (TPSA) is 80.3 Å². The van der Waals surface area contributed by atoms with Gasteiger partial charge in [0.15, 0.2) is 0 Å². The third-order valence-corrected chi connectivity index (χ3v) is 3.89. The molecule has 0 bridgehead atoms. The number of methoxy groups -OCH3 is 1. The van der Waals surface area contributed by atoms with Gasteiger partial charge in [-0.05, 0) is 29.3 Å². The number of nitrogens with one attached hydrogen (secondary N) is 2. The van der Waals surface area contributed by atoms with Crippen molar-refractivity contribution < 1.29 is 14.3 Å². The first-order valence-electron chi connectivity index (χ1n) is 8.39. The van der Waals surface area contributed by atoms with Gasteiger partial charge in [-0.25, -0.2) is 4.98 Å². The molecule has 136 valence electrons. The molecule has 0 aliphatic carbocycles. The molecular formula is C21H19N3O3. The van der Waals surface area contributed by atoms with Crippen LogP contribution in [0, 0.1) is 0 Å². The van der Waals surface area contributed by atoms with E-state index in [1.807, 2.05) is 42.5 Å². The van der Waals surface area contributed by atoms with Crippen molar-refractivity contribution in [3.8, 4) is 17.0 Å². The van der Waals surface area contributed by atoms with E-state index in [1.165, 1.54) is 13.3 Å². The molecule has 2 aromatic carbocycles. The fourth-order valence-corrected chi connectivity index (χ4v) is 2.49. The van der Waals surface area contributed by atoms with Gasteiger partial charge in [-0.3, -0.25) is 9.59 Å². The molecule has 2 N–H and O–H groups in total. The SMILES string of the molecule is COc1ccc(NC(=O)CNC(=O)c2ccc(-c3ccccc3)cc2)cn1. The largest absolute Gasteiger partial charge is 0.481 e. The predicted molar refractivity (Wildman–Crippen MR) is 104 cm³/mol. The van der Waals surface area contributed by atoms with Gasteiger partial charge in [0.2, 0.25) is 11.8 Å². The second-order valence-electron chi connectivity index (χ2n) is 5.76. The number of rotatable bonds is 6. The second-order valence-corrected chi connectivity index (χ2v) is 5.76. The zero-order chi connectivity index (χ0) is 19.1. The van der Waals surface area contributed by atoms with Crippen LogP contribution in [-0.4, -0.2) is 30.5 Å². The Morgan fingerprint density at radius 3 is 2.26 bits per heavy atom. The van der Waals surface area contributed by atoms with Gasteiger partial charge in [-0.2, -0.15) is 0 Å². The van der Waals surface area contributed by atoms with Crippen LogP contribution in [0.2, 0.25) is 0 Å². The monoisotopic (exact) mass is 361 g/mol. The Balaban J connectivity index is 1.53. The maximum Gasteiger partial charge on any atom is 0.251 e. The molecule has 0 saturated heterocycles. The Morgan fingerprint density at radius 2 is 1.63 bits per heavy atom. The molecule has 0 aliphatic rings. The number of ether oxygens (including phenoxy) is 1. The lowest BCUT2D eigenvalue weighted by molar-refractivity contribution is -0.115. The number of hydrogen-bond acceptors (Lipinski definition) is 4. The molecule has 6 heteroatoms. The third kappa shape index (κ3) is 4.92. The van der Waals surface area contributed by atoms with Crippen LogP contribution in [0.5, 0.6) is 5.88 Å². The van der Waals surface area contributed by atoms with Crippen LogP contribution in [0.15, 0.2) is 72.9 Å². The highest BCUT2D eigenvalue weighted by Gasteiger charge is 2.09. The summed E-state index contributed by atoms with van der Waals surface area (Å²) in [4.78, 5) is 28.2. The zero-order valence-corrected chi connectivity index (χ0v) is 14.8. The molecule has 1 aromatic heterocycles. The number of carbonyl (C=O) groups excluding carboxylic acids is 2. The Morgan fingerprint density at radius 1 is 0.926 bits per heavy atom. The van der Waals surface area contributed by atoms with E-state index in [-0.39, 0.29) is 18.4 Å². The van der Waals surface area contributed by atoms with Crippen LogP contribution >= 0.6 is 0 Å². The van der Waals surface area contributed by atoms with Gasteiger partial charge in [-0.15, -0.1) is 0 Å². The summed E-state index contributed by atoms with van der Waals surface area (Å²) in [6.45, 7) is -0.134. The summed E-state index contributed by atoms with van der Waals surface area (Å²) >= 11 is 0. The number of aromatic nitrogens is 1. The average Bonchev–Trinajstić information content (AvgIpc) is 2.73. The van der Waals surface area contributed by atoms with Crippen molar-refractivity contribution in [1.29, 1.82) is 0 Å². The van der Waals surface area contributed by atoms with E-state index in [4.69, 9.17) is 4.74 Å². The average molecular weight is 361 g/mol. The van der Waals surface area contributed by atoms with Gasteiger partial charge in [0.05, 0.1) is 25.5 Å². The van der Waals surface area contributed by atoms with Gasteiger partial charge < -0.3 is 15.4 Å².